The lowest BCUT2D eigenvalue weighted by Gasteiger charge is -2.20. The quantitative estimate of drug-likeness (QED) is 0.896. The highest BCUT2D eigenvalue weighted by molar-refractivity contribution is 8.15. The van der Waals surface area contributed by atoms with E-state index in [2.05, 4.69) is 10.3 Å². The molecule has 106 valence electrons. The number of carbonyl (C=O) groups is 2. The summed E-state index contributed by atoms with van der Waals surface area (Å²) in [5.74, 6) is -1.07. The third-order valence-electron chi connectivity index (χ3n) is 2.93. The lowest BCUT2D eigenvalue weighted by atomic mass is 10.0. The molecular formula is C14H16N2O3S. The fraction of sp³-hybridized carbons (Fsp3) is 0.357. The average molecular weight is 292 g/mol. The Labute approximate surface area is 121 Å². The molecule has 5 nitrogen and oxygen atoms in total. The number of hydrogen-bond donors (Lipinski definition) is 2. The number of hydrogen-bond acceptors (Lipinski definition) is 4. The van der Waals surface area contributed by atoms with Crippen LogP contribution >= 0.6 is 11.8 Å². The van der Waals surface area contributed by atoms with E-state index >= 15 is 0 Å². The molecule has 2 rings (SSSR count). The summed E-state index contributed by atoms with van der Waals surface area (Å²) in [6.45, 7) is 5.17. The van der Waals surface area contributed by atoms with E-state index in [1.165, 1.54) is 18.7 Å². The van der Waals surface area contributed by atoms with Gasteiger partial charge in [-0.1, -0.05) is 23.9 Å². The minimum Gasteiger partial charge on any atom is -0.480 e. The Balaban J connectivity index is 2.31. The van der Waals surface area contributed by atoms with Gasteiger partial charge in [-0.15, -0.1) is 0 Å². The molecule has 0 saturated carbocycles. The standard InChI is InChI=1S/C14H16N2O3S/c1-8(17)15-10-6-4-5-9(7-10)12-16-11(13(18)19)14(2,3)20-12/h4-7,11H,1-3H3,(H,15,17)(H,18,19)/t11-/m0/s1. The van der Waals surface area contributed by atoms with Gasteiger partial charge in [0.25, 0.3) is 0 Å². The molecule has 1 aromatic rings. The van der Waals surface area contributed by atoms with E-state index in [-0.39, 0.29) is 5.91 Å². The lowest BCUT2D eigenvalue weighted by Crippen LogP contribution is -2.34. The van der Waals surface area contributed by atoms with Crippen molar-refractivity contribution in [2.45, 2.75) is 31.6 Å². The molecule has 0 radical (unpaired) electrons. The molecule has 20 heavy (non-hydrogen) atoms. The van der Waals surface area contributed by atoms with Crippen LogP contribution in [0.1, 0.15) is 26.3 Å². The van der Waals surface area contributed by atoms with Crippen molar-refractivity contribution in [2.24, 2.45) is 4.99 Å². The molecule has 0 aliphatic carbocycles. The van der Waals surface area contributed by atoms with Crippen molar-refractivity contribution in [3.63, 3.8) is 0 Å². The molecule has 0 unspecified atom stereocenters. The van der Waals surface area contributed by atoms with E-state index in [4.69, 9.17) is 0 Å². The number of carboxylic acids is 1. The Morgan fingerprint density at radius 2 is 2.10 bits per heavy atom. The maximum absolute atomic E-state index is 11.2. The molecule has 6 heteroatoms. The summed E-state index contributed by atoms with van der Waals surface area (Å²) in [5.41, 5.74) is 1.49. The molecule has 0 aromatic heterocycles. The van der Waals surface area contributed by atoms with Gasteiger partial charge >= 0.3 is 5.97 Å². The lowest BCUT2D eigenvalue weighted by molar-refractivity contribution is -0.138. The second-order valence-electron chi connectivity index (χ2n) is 5.14. The monoisotopic (exact) mass is 292 g/mol. The fourth-order valence-electron chi connectivity index (χ4n) is 2.02. The van der Waals surface area contributed by atoms with Gasteiger partial charge in [0.05, 0.1) is 5.04 Å². The predicted octanol–water partition coefficient (Wildman–Crippen LogP) is 2.37. The van der Waals surface area contributed by atoms with Gasteiger partial charge in [0.1, 0.15) is 0 Å². The molecule has 0 fully saturated rings. The zero-order valence-corrected chi connectivity index (χ0v) is 12.3. The van der Waals surface area contributed by atoms with Crippen molar-refractivity contribution in [1.29, 1.82) is 0 Å². The van der Waals surface area contributed by atoms with Gasteiger partial charge in [0, 0.05) is 22.9 Å². The minimum absolute atomic E-state index is 0.146. The molecule has 0 saturated heterocycles. The van der Waals surface area contributed by atoms with Crippen LogP contribution in [0.4, 0.5) is 5.69 Å². The number of anilines is 1. The summed E-state index contributed by atoms with van der Waals surface area (Å²) in [7, 11) is 0. The first-order valence-electron chi connectivity index (χ1n) is 6.17. The highest BCUT2D eigenvalue weighted by atomic mass is 32.2. The zero-order valence-electron chi connectivity index (χ0n) is 11.5. The molecule has 1 heterocycles. The van der Waals surface area contributed by atoms with Gasteiger partial charge in [-0.05, 0) is 26.0 Å². The van der Waals surface area contributed by atoms with Crippen molar-refractivity contribution in [3.05, 3.63) is 29.8 Å². The van der Waals surface area contributed by atoms with Crippen LogP contribution in [0.2, 0.25) is 0 Å². The van der Waals surface area contributed by atoms with Gasteiger partial charge in [-0.3, -0.25) is 9.79 Å². The molecule has 2 N–H and O–H groups in total. The fourth-order valence-corrected chi connectivity index (χ4v) is 3.19. The summed E-state index contributed by atoms with van der Waals surface area (Å²) < 4.78 is -0.481. The minimum atomic E-state index is -0.921. The number of benzene rings is 1. The first-order valence-corrected chi connectivity index (χ1v) is 6.99. The summed E-state index contributed by atoms with van der Waals surface area (Å²) in [6, 6.07) is 6.49. The Morgan fingerprint density at radius 3 is 2.65 bits per heavy atom. The Bertz CT molecular complexity index is 596. The maximum atomic E-state index is 11.2. The Morgan fingerprint density at radius 1 is 1.40 bits per heavy atom. The van der Waals surface area contributed by atoms with Crippen molar-refractivity contribution in [3.8, 4) is 0 Å². The summed E-state index contributed by atoms with van der Waals surface area (Å²) in [5, 5.41) is 12.6. The van der Waals surface area contributed by atoms with E-state index < -0.39 is 16.8 Å². The van der Waals surface area contributed by atoms with Crippen molar-refractivity contribution >= 4 is 34.4 Å². The van der Waals surface area contributed by atoms with Crippen LogP contribution in [-0.2, 0) is 9.59 Å². The van der Waals surface area contributed by atoms with E-state index in [0.29, 0.717) is 10.7 Å². The number of nitrogens with zero attached hydrogens (tertiary/aromatic N) is 1. The highest BCUT2D eigenvalue weighted by Gasteiger charge is 2.42. The van der Waals surface area contributed by atoms with Gasteiger partial charge in [-0.25, -0.2) is 4.79 Å². The van der Waals surface area contributed by atoms with Crippen molar-refractivity contribution in [1.82, 2.24) is 0 Å². The largest absolute Gasteiger partial charge is 0.480 e. The van der Waals surface area contributed by atoms with E-state index in [9.17, 15) is 14.7 Å². The first-order chi connectivity index (χ1) is 9.29. The second-order valence-corrected chi connectivity index (χ2v) is 6.79. The summed E-state index contributed by atoms with van der Waals surface area (Å²) in [6.07, 6.45) is 0. The molecule has 1 atom stereocenters. The Hall–Kier alpha value is -1.82. The van der Waals surface area contributed by atoms with Gasteiger partial charge in [0.15, 0.2) is 6.04 Å². The number of rotatable bonds is 3. The van der Waals surface area contributed by atoms with Crippen LogP contribution < -0.4 is 5.32 Å². The summed E-state index contributed by atoms with van der Waals surface area (Å²) in [4.78, 5) is 26.6. The first kappa shape index (κ1) is 14.6. The molecule has 1 aliphatic heterocycles. The smallest absolute Gasteiger partial charge is 0.329 e. The van der Waals surface area contributed by atoms with E-state index in [1.54, 1.807) is 12.1 Å². The molecule has 1 amide bonds. The van der Waals surface area contributed by atoms with Crippen LogP contribution in [-0.4, -0.2) is 32.8 Å². The zero-order chi connectivity index (χ0) is 14.9. The number of carbonyl (C=O) groups excluding carboxylic acids is 1. The van der Waals surface area contributed by atoms with Crippen LogP contribution in [0, 0.1) is 0 Å². The number of thioether (sulfide) groups is 1. The van der Waals surface area contributed by atoms with Gasteiger partial charge < -0.3 is 10.4 Å². The molecule has 0 bridgehead atoms. The number of amides is 1. The Kier molecular flexibility index (Phi) is 3.85. The van der Waals surface area contributed by atoms with Crippen LogP contribution in [0.3, 0.4) is 0 Å². The van der Waals surface area contributed by atoms with Crippen molar-refractivity contribution < 1.29 is 14.7 Å². The molecule has 1 aliphatic rings. The third-order valence-corrected chi connectivity index (χ3v) is 4.21. The second kappa shape index (κ2) is 5.28. The molecular weight excluding hydrogens is 276 g/mol. The van der Waals surface area contributed by atoms with Crippen LogP contribution in [0.15, 0.2) is 29.3 Å². The number of aliphatic carboxylic acids is 1. The van der Waals surface area contributed by atoms with Crippen molar-refractivity contribution in [2.75, 3.05) is 5.32 Å². The topological polar surface area (TPSA) is 78.8 Å². The highest BCUT2D eigenvalue weighted by Crippen LogP contribution is 2.40. The normalized spacial score (nSPS) is 20.4. The number of aliphatic imine (C=N–C) groups is 1. The molecule has 1 aromatic carbocycles. The SMILES string of the molecule is CC(=O)Nc1cccc(C2=N[C@@H](C(=O)O)C(C)(C)S2)c1. The molecule has 0 spiro atoms. The van der Waals surface area contributed by atoms with E-state index in [0.717, 1.165) is 5.56 Å². The van der Waals surface area contributed by atoms with Crippen LogP contribution in [0.25, 0.3) is 0 Å². The summed E-state index contributed by atoms with van der Waals surface area (Å²) >= 11 is 1.44. The van der Waals surface area contributed by atoms with Crippen LogP contribution in [0.5, 0.6) is 0 Å². The third kappa shape index (κ3) is 3.01. The average Bonchev–Trinajstić information content (AvgIpc) is 2.64. The van der Waals surface area contributed by atoms with E-state index in [1.807, 2.05) is 26.0 Å². The number of carboxylic acid groups (broad SMARTS) is 1. The van der Waals surface area contributed by atoms with Gasteiger partial charge in [0.2, 0.25) is 5.91 Å². The van der Waals surface area contributed by atoms with Gasteiger partial charge in [-0.2, -0.15) is 0 Å². The maximum Gasteiger partial charge on any atom is 0.329 e. The predicted molar refractivity (Wildman–Crippen MR) is 80.4 cm³/mol. The number of nitrogens with one attached hydrogen (secondary N) is 1.